The van der Waals surface area contributed by atoms with Gasteiger partial charge in [-0.15, -0.1) is 0 Å². The van der Waals surface area contributed by atoms with Crippen LogP contribution in [0.4, 0.5) is 5.82 Å². The molecule has 1 amide bonds. The van der Waals surface area contributed by atoms with Gasteiger partial charge in [0.25, 0.3) is 0 Å². The summed E-state index contributed by atoms with van der Waals surface area (Å²) >= 11 is 0. The van der Waals surface area contributed by atoms with E-state index in [0.29, 0.717) is 18.8 Å². The molecule has 0 atom stereocenters. The second-order valence-electron chi connectivity index (χ2n) is 5.12. The Hall–Kier alpha value is -2.43. The van der Waals surface area contributed by atoms with Gasteiger partial charge in [-0.25, -0.2) is 9.67 Å². The standard InChI is InChI=1S/C16H18N4O/c1-4-14(21)18-15-12-9-11-7-6-10(3)8-13(11)17-16(12)20(5-2)19-15/h6-9H,4-5H2,1-3H3,(H,18,19,21). The summed E-state index contributed by atoms with van der Waals surface area (Å²) < 4.78 is 1.82. The first kappa shape index (κ1) is 13.5. The predicted molar refractivity (Wildman–Crippen MR) is 84.4 cm³/mol. The van der Waals surface area contributed by atoms with Gasteiger partial charge >= 0.3 is 0 Å². The van der Waals surface area contributed by atoms with Gasteiger partial charge in [0, 0.05) is 18.4 Å². The van der Waals surface area contributed by atoms with Crippen LogP contribution in [0.15, 0.2) is 24.3 Å². The lowest BCUT2D eigenvalue weighted by molar-refractivity contribution is -0.115. The number of fused-ring (bicyclic) bond motifs is 2. The van der Waals surface area contributed by atoms with Crippen molar-refractivity contribution in [1.82, 2.24) is 14.8 Å². The van der Waals surface area contributed by atoms with Crippen LogP contribution < -0.4 is 5.32 Å². The second-order valence-corrected chi connectivity index (χ2v) is 5.12. The number of hydrogen-bond donors (Lipinski definition) is 1. The molecule has 0 bridgehead atoms. The number of aromatic nitrogens is 3. The largest absolute Gasteiger partial charge is 0.309 e. The molecule has 108 valence electrons. The minimum atomic E-state index is -0.0401. The number of anilines is 1. The zero-order chi connectivity index (χ0) is 15.0. The molecule has 2 heterocycles. The normalized spacial score (nSPS) is 11.2. The summed E-state index contributed by atoms with van der Waals surface area (Å²) in [6.07, 6.45) is 0.431. The zero-order valence-electron chi connectivity index (χ0n) is 12.5. The molecular formula is C16H18N4O. The van der Waals surface area contributed by atoms with Crippen molar-refractivity contribution in [3.63, 3.8) is 0 Å². The van der Waals surface area contributed by atoms with Crippen molar-refractivity contribution in [1.29, 1.82) is 0 Å². The molecule has 0 aliphatic heterocycles. The van der Waals surface area contributed by atoms with Gasteiger partial charge in [-0.1, -0.05) is 19.1 Å². The third-order valence-corrected chi connectivity index (χ3v) is 3.55. The van der Waals surface area contributed by atoms with Crippen molar-refractivity contribution < 1.29 is 4.79 Å². The molecule has 0 unspecified atom stereocenters. The van der Waals surface area contributed by atoms with Gasteiger partial charge in [0.1, 0.15) is 0 Å². The van der Waals surface area contributed by atoms with Crippen molar-refractivity contribution in [3.05, 3.63) is 29.8 Å². The molecule has 21 heavy (non-hydrogen) atoms. The van der Waals surface area contributed by atoms with Gasteiger partial charge in [0.05, 0.1) is 10.9 Å². The molecule has 1 N–H and O–H groups in total. The molecule has 2 aromatic heterocycles. The monoisotopic (exact) mass is 282 g/mol. The molecule has 0 saturated carbocycles. The summed E-state index contributed by atoms with van der Waals surface area (Å²) in [5.41, 5.74) is 2.93. The Morgan fingerprint density at radius 2 is 2.10 bits per heavy atom. The fourth-order valence-electron chi connectivity index (χ4n) is 2.39. The molecule has 5 nitrogen and oxygen atoms in total. The van der Waals surface area contributed by atoms with E-state index in [4.69, 9.17) is 4.98 Å². The molecule has 0 fully saturated rings. The first-order chi connectivity index (χ1) is 10.1. The van der Waals surface area contributed by atoms with Crippen LogP contribution in [0.1, 0.15) is 25.8 Å². The number of pyridine rings is 1. The van der Waals surface area contributed by atoms with E-state index in [0.717, 1.165) is 21.9 Å². The molecule has 5 heteroatoms. The quantitative estimate of drug-likeness (QED) is 0.802. The lowest BCUT2D eigenvalue weighted by Crippen LogP contribution is -2.10. The van der Waals surface area contributed by atoms with E-state index >= 15 is 0 Å². The summed E-state index contributed by atoms with van der Waals surface area (Å²) in [6, 6.07) is 8.21. The highest BCUT2D eigenvalue weighted by atomic mass is 16.1. The summed E-state index contributed by atoms with van der Waals surface area (Å²) in [6.45, 7) is 6.60. The highest BCUT2D eigenvalue weighted by Gasteiger charge is 2.14. The van der Waals surface area contributed by atoms with Crippen molar-refractivity contribution in [2.24, 2.45) is 0 Å². The number of nitrogens with zero attached hydrogens (tertiary/aromatic N) is 3. The van der Waals surface area contributed by atoms with E-state index in [1.165, 1.54) is 5.56 Å². The van der Waals surface area contributed by atoms with Crippen LogP contribution in [0, 0.1) is 6.92 Å². The lowest BCUT2D eigenvalue weighted by atomic mass is 10.1. The van der Waals surface area contributed by atoms with Crippen molar-refractivity contribution in [3.8, 4) is 0 Å². The van der Waals surface area contributed by atoms with E-state index in [1.807, 2.05) is 30.7 Å². The van der Waals surface area contributed by atoms with Crippen LogP contribution in [0.5, 0.6) is 0 Å². The predicted octanol–water partition coefficient (Wildman–Crippen LogP) is 3.26. The summed E-state index contributed by atoms with van der Waals surface area (Å²) in [5.74, 6) is 0.551. The fraction of sp³-hybridized carbons (Fsp3) is 0.312. The molecule has 0 spiro atoms. The number of aryl methyl sites for hydroxylation is 2. The van der Waals surface area contributed by atoms with Gasteiger partial charge in [-0.2, -0.15) is 5.10 Å². The second kappa shape index (κ2) is 5.16. The highest BCUT2D eigenvalue weighted by molar-refractivity contribution is 6.02. The Balaban J connectivity index is 2.25. The van der Waals surface area contributed by atoms with Gasteiger partial charge in [-0.3, -0.25) is 4.79 Å². The van der Waals surface area contributed by atoms with Crippen molar-refractivity contribution in [2.45, 2.75) is 33.7 Å². The number of nitrogens with one attached hydrogen (secondary N) is 1. The van der Waals surface area contributed by atoms with E-state index in [-0.39, 0.29) is 5.91 Å². The number of amides is 1. The molecular weight excluding hydrogens is 264 g/mol. The Morgan fingerprint density at radius 1 is 1.29 bits per heavy atom. The maximum Gasteiger partial charge on any atom is 0.225 e. The minimum Gasteiger partial charge on any atom is -0.309 e. The average Bonchev–Trinajstić information content (AvgIpc) is 2.82. The lowest BCUT2D eigenvalue weighted by Gasteiger charge is -2.02. The Kier molecular flexibility index (Phi) is 3.33. The maximum atomic E-state index is 11.6. The first-order valence-corrected chi connectivity index (χ1v) is 7.20. The molecule has 3 rings (SSSR count). The Bertz CT molecular complexity index is 835. The molecule has 0 saturated heterocycles. The van der Waals surface area contributed by atoms with E-state index in [1.54, 1.807) is 0 Å². The smallest absolute Gasteiger partial charge is 0.225 e. The zero-order valence-corrected chi connectivity index (χ0v) is 12.5. The molecule has 3 aromatic rings. The van der Waals surface area contributed by atoms with Crippen LogP contribution >= 0.6 is 0 Å². The minimum absolute atomic E-state index is 0.0401. The van der Waals surface area contributed by atoms with Crippen LogP contribution in [0.25, 0.3) is 21.9 Å². The van der Waals surface area contributed by atoms with Crippen LogP contribution in [0.3, 0.4) is 0 Å². The Morgan fingerprint density at radius 3 is 2.81 bits per heavy atom. The maximum absolute atomic E-state index is 11.6. The summed E-state index contributed by atoms with van der Waals surface area (Å²) in [4.78, 5) is 16.4. The third-order valence-electron chi connectivity index (χ3n) is 3.55. The van der Waals surface area contributed by atoms with E-state index < -0.39 is 0 Å². The SMILES string of the molecule is CCC(=O)Nc1nn(CC)c2nc3cc(C)ccc3cc12. The Labute approximate surface area is 123 Å². The number of hydrogen-bond acceptors (Lipinski definition) is 3. The van der Waals surface area contributed by atoms with Crippen molar-refractivity contribution >= 4 is 33.7 Å². The van der Waals surface area contributed by atoms with Gasteiger partial charge in [0.15, 0.2) is 11.5 Å². The summed E-state index contributed by atoms with van der Waals surface area (Å²) in [7, 11) is 0. The summed E-state index contributed by atoms with van der Waals surface area (Å²) in [5, 5.41) is 9.25. The topological polar surface area (TPSA) is 59.8 Å². The molecule has 0 radical (unpaired) electrons. The molecule has 0 aliphatic carbocycles. The van der Waals surface area contributed by atoms with E-state index in [2.05, 4.69) is 29.5 Å². The molecule has 0 aliphatic rings. The van der Waals surface area contributed by atoms with Gasteiger partial charge in [-0.05, 0) is 31.5 Å². The van der Waals surface area contributed by atoms with Crippen molar-refractivity contribution in [2.75, 3.05) is 5.32 Å². The van der Waals surface area contributed by atoms with Crippen LogP contribution in [0.2, 0.25) is 0 Å². The number of carbonyl (C=O) groups excluding carboxylic acids is 1. The van der Waals surface area contributed by atoms with Crippen LogP contribution in [-0.2, 0) is 11.3 Å². The third kappa shape index (κ3) is 2.35. The number of rotatable bonds is 3. The number of benzene rings is 1. The van der Waals surface area contributed by atoms with E-state index in [9.17, 15) is 4.79 Å². The first-order valence-electron chi connectivity index (χ1n) is 7.20. The van der Waals surface area contributed by atoms with Gasteiger partial charge in [0.2, 0.25) is 5.91 Å². The highest BCUT2D eigenvalue weighted by Crippen LogP contribution is 2.26. The number of carbonyl (C=O) groups is 1. The average molecular weight is 282 g/mol. The fourth-order valence-corrected chi connectivity index (χ4v) is 2.39. The van der Waals surface area contributed by atoms with Crippen LogP contribution in [-0.4, -0.2) is 20.7 Å². The molecule has 1 aromatic carbocycles. The van der Waals surface area contributed by atoms with Gasteiger partial charge < -0.3 is 5.32 Å².